The molecule has 0 amide bonds. The third-order valence-electron chi connectivity index (χ3n) is 3.44. The van der Waals surface area contributed by atoms with Crippen molar-refractivity contribution in [2.45, 2.75) is 31.7 Å². The molecule has 1 N–H and O–H groups in total. The van der Waals surface area contributed by atoms with Crippen LogP contribution < -0.4 is 5.32 Å². The van der Waals surface area contributed by atoms with Gasteiger partial charge in [-0.1, -0.05) is 32.0 Å². The Bertz CT molecular complexity index is 708. The zero-order valence-electron chi connectivity index (χ0n) is 12.7. The number of nitrogens with zero attached hydrogens (tertiary/aromatic N) is 1. The topological polar surface area (TPSA) is 49.4 Å². The van der Waals surface area contributed by atoms with Gasteiger partial charge in [0.15, 0.2) is 0 Å². The zero-order valence-corrected chi connectivity index (χ0v) is 14.4. The molecule has 0 aliphatic heterocycles. The highest BCUT2D eigenvalue weighted by Gasteiger charge is 2.27. The van der Waals surface area contributed by atoms with E-state index in [0.717, 1.165) is 27.9 Å². The second kappa shape index (κ2) is 6.87. The third-order valence-corrected chi connectivity index (χ3v) is 6.81. The first-order chi connectivity index (χ1) is 10.0. The summed E-state index contributed by atoms with van der Waals surface area (Å²) in [7, 11) is -1.81. The molecule has 0 fully saturated rings. The Morgan fingerprint density at radius 1 is 1.24 bits per heavy atom. The van der Waals surface area contributed by atoms with Crippen molar-refractivity contribution in [3.63, 3.8) is 0 Å². The first-order valence-corrected chi connectivity index (χ1v) is 9.45. The van der Waals surface area contributed by atoms with E-state index in [1.54, 1.807) is 18.4 Å². The first-order valence-electron chi connectivity index (χ1n) is 7.19. The molecule has 0 atom stereocenters. The minimum absolute atomic E-state index is 0.467. The molecule has 0 saturated carbocycles. The number of nitrogens with one attached hydrogen (secondary N) is 1. The Hall–Kier alpha value is -0.950. The van der Waals surface area contributed by atoms with E-state index in [2.05, 4.69) is 12.2 Å². The lowest BCUT2D eigenvalue weighted by Gasteiger charge is -2.16. The van der Waals surface area contributed by atoms with Crippen LogP contribution in [0.15, 0.2) is 29.2 Å². The number of benzene rings is 1. The fraction of sp³-hybridized carbons (Fsp3) is 0.467. The maximum absolute atomic E-state index is 12.8. The molecule has 0 bridgehead atoms. The van der Waals surface area contributed by atoms with Crippen LogP contribution in [0.1, 0.15) is 25.1 Å². The first kappa shape index (κ1) is 16.4. The molecule has 21 heavy (non-hydrogen) atoms. The highest BCUT2D eigenvalue weighted by atomic mass is 32.2. The van der Waals surface area contributed by atoms with E-state index in [1.807, 2.05) is 31.2 Å². The van der Waals surface area contributed by atoms with E-state index in [1.165, 1.54) is 4.31 Å². The van der Waals surface area contributed by atoms with Crippen LogP contribution in [0.25, 0.3) is 10.1 Å². The number of fused-ring (bicyclic) bond motifs is 1. The summed E-state index contributed by atoms with van der Waals surface area (Å²) in [6.07, 6.45) is 1.03. The minimum atomic E-state index is -3.44. The van der Waals surface area contributed by atoms with Gasteiger partial charge in [0.05, 0.1) is 0 Å². The van der Waals surface area contributed by atoms with E-state index >= 15 is 0 Å². The fourth-order valence-corrected chi connectivity index (χ4v) is 5.22. The zero-order chi connectivity index (χ0) is 15.5. The van der Waals surface area contributed by atoms with E-state index in [9.17, 15) is 8.42 Å². The van der Waals surface area contributed by atoms with Gasteiger partial charge in [-0.25, -0.2) is 12.7 Å². The van der Waals surface area contributed by atoms with Crippen molar-refractivity contribution in [3.8, 4) is 0 Å². The summed E-state index contributed by atoms with van der Waals surface area (Å²) in [5.74, 6) is 0. The lowest BCUT2D eigenvalue weighted by molar-refractivity contribution is 0.486. The molecule has 0 aliphatic rings. The maximum atomic E-state index is 12.8. The average molecular weight is 326 g/mol. The molecule has 116 valence electrons. The number of sulfonamides is 1. The van der Waals surface area contributed by atoms with Gasteiger partial charge in [0.1, 0.15) is 4.90 Å². The van der Waals surface area contributed by atoms with E-state index in [4.69, 9.17) is 0 Å². The van der Waals surface area contributed by atoms with Crippen LogP contribution in [-0.4, -0.2) is 32.9 Å². The van der Waals surface area contributed by atoms with Crippen LogP contribution in [0.2, 0.25) is 0 Å². The second-order valence-electron chi connectivity index (χ2n) is 4.95. The molecule has 0 aliphatic carbocycles. The molecule has 1 aromatic carbocycles. The predicted octanol–water partition coefficient (Wildman–Crippen LogP) is 3.04. The highest BCUT2D eigenvalue weighted by molar-refractivity contribution is 7.89. The van der Waals surface area contributed by atoms with Gasteiger partial charge in [0.25, 0.3) is 0 Å². The van der Waals surface area contributed by atoms with E-state index in [0.29, 0.717) is 18.0 Å². The Morgan fingerprint density at radius 3 is 2.62 bits per heavy atom. The summed E-state index contributed by atoms with van der Waals surface area (Å²) in [5.41, 5.74) is 0. The van der Waals surface area contributed by atoms with Gasteiger partial charge in [-0.3, -0.25) is 0 Å². The molecule has 0 saturated heterocycles. The molecular weight excluding hydrogens is 304 g/mol. The second-order valence-corrected chi connectivity index (χ2v) is 8.06. The molecule has 1 aromatic heterocycles. The Balaban J connectivity index is 2.55. The van der Waals surface area contributed by atoms with Crippen molar-refractivity contribution < 1.29 is 8.42 Å². The largest absolute Gasteiger partial charge is 0.312 e. The van der Waals surface area contributed by atoms with Crippen molar-refractivity contribution in [2.24, 2.45) is 0 Å². The summed E-state index contributed by atoms with van der Waals surface area (Å²) in [6, 6.07) is 7.71. The maximum Gasteiger partial charge on any atom is 0.244 e. The van der Waals surface area contributed by atoms with Crippen LogP contribution in [0, 0.1) is 0 Å². The molecule has 6 heteroatoms. The van der Waals surface area contributed by atoms with Gasteiger partial charge in [-0.05, 0) is 19.0 Å². The van der Waals surface area contributed by atoms with Crippen molar-refractivity contribution in [2.75, 3.05) is 20.1 Å². The number of rotatable bonds is 7. The average Bonchev–Trinajstić information content (AvgIpc) is 2.85. The third kappa shape index (κ3) is 3.29. The normalized spacial score (nSPS) is 12.4. The molecule has 2 rings (SSSR count). The van der Waals surface area contributed by atoms with Gasteiger partial charge in [0.2, 0.25) is 10.0 Å². The van der Waals surface area contributed by atoms with Gasteiger partial charge < -0.3 is 5.32 Å². The fourth-order valence-electron chi connectivity index (χ4n) is 2.18. The van der Waals surface area contributed by atoms with Crippen molar-refractivity contribution >= 4 is 31.4 Å². The van der Waals surface area contributed by atoms with Crippen LogP contribution >= 0.6 is 11.3 Å². The summed E-state index contributed by atoms with van der Waals surface area (Å²) in [4.78, 5) is 1.36. The van der Waals surface area contributed by atoms with Gasteiger partial charge in [-0.15, -0.1) is 11.3 Å². The van der Waals surface area contributed by atoms with E-state index in [-0.39, 0.29) is 0 Å². The van der Waals surface area contributed by atoms with Crippen molar-refractivity contribution in [1.82, 2.24) is 9.62 Å². The lowest BCUT2D eigenvalue weighted by Crippen LogP contribution is -2.27. The van der Waals surface area contributed by atoms with Crippen LogP contribution in [0.3, 0.4) is 0 Å². The minimum Gasteiger partial charge on any atom is -0.312 e. The predicted molar refractivity (Wildman–Crippen MR) is 89.3 cm³/mol. The van der Waals surface area contributed by atoms with Gasteiger partial charge >= 0.3 is 0 Å². The molecule has 4 nitrogen and oxygen atoms in total. The Kier molecular flexibility index (Phi) is 5.37. The SMILES string of the molecule is CCCNCc1sc2ccccc2c1S(=O)(=O)N(C)CC. The molecule has 2 aromatic rings. The quantitative estimate of drug-likeness (QED) is 0.796. The van der Waals surface area contributed by atoms with Crippen molar-refractivity contribution in [3.05, 3.63) is 29.1 Å². The van der Waals surface area contributed by atoms with Crippen LogP contribution in [-0.2, 0) is 16.6 Å². The van der Waals surface area contributed by atoms with E-state index < -0.39 is 10.0 Å². The summed E-state index contributed by atoms with van der Waals surface area (Å²) in [5, 5.41) is 4.14. The van der Waals surface area contributed by atoms with Crippen LogP contribution in [0.5, 0.6) is 0 Å². The summed E-state index contributed by atoms with van der Waals surface area (Å²) >= 11 is 1.56. The number of hydrogen-bond acceptors (Lipinski definition) is 4. The van der Waals surface area contributed by atoms with Gasteiger partial charge in [0, 0.05) is 35.1 Å². The number of thiophene rings is 1. The standard InChI is InChI=1S/C15H22N2O2S2/c1-4-10-16-11-14-15(21(18,19)17(3)5-2)12-8-6-7-9-13(12)20-14/h6-9,16H,4-5,10-11H2,1-3H3. The van der Waals surface area contributed by atoms with Crippen molar-refractivity contribution in [1.29, 1.82) is 0 Å². The highest BCUT2D eigenvalue weighted by Crippen LogP contribution is 2.35. The Labute approximate surface area is 130 Å². The number of hydrogen-bond donors (Lipinski definition) is 1. The summed E-state index contributed by atoms with van der Waals surface area (Å²) in [6.45, 7) is 5.90. The molecule has 0 radical (unpaired) electrons. The Morgan fingerprint density at radius 2 is 1.95 bits per heavy atom. The molecule has 0 unspecified atom stereocenters. The smallest absolute Gasteiger partial charge is 0.244 e. The summed E-state index contributed by atoms with van der Waals surface area (Å²) < 4.78 is 28.0. The lowest BCUT2D eigenvalue weighted by atomic mass is 10.2. The monoisotopic (exact) mass is 326 g/mol. The molecule has 1 heterocycles. The van der Waals surface area contributed by atoms with Gasteiger partial charge in [-0.2, -0.15) is 0 Å². The molecular formula is C15H22N2O2S2. The van der Waals surface area contributed by atoms with Crippen LogP contribution in [0.4, 0.5) is 0 Å². The molecule has 0 spiro atoms.